The zero-order valence-corrected chi connectivity index (χ0v) is 6.59. The van der Waals surface area contributed by atoms with Crippen LogP contribution in [0, 0.1) is 13.8 Å². The second-order valence-corrected chi connectivity index (χ2v) is 2.75. The van der Waals surface area contributed by atoms with Crippen LogP contribution in [0.2, 0.25) is 0 Å². The Labute approximate surface area is 64.8 Å². The molecule has 0 aliphatic carbocycles. The Hall–Kier alpha value is -1.31. The van der Waals surface area contributed by atoms with Gasteiger partial charge in [0.15, 0.2) is 0 Å². The normalized spacial score (nSPS) is 10.7. The fourth-order valence-corrected chi connectivity index (χ4v) is 1.19. The minimum absolute atomic E-state index is 0.938. The van der Waals surface area contributed by atoms with E-state index in [2.05, 4.69) is 25.1 Å². The number of benzene rings is 1. The molecule has 2 nitrogen and oxygen atoms in total. The van der Waals surface area contributed by atoms with E-state index in [0.29, 0.717) is 0 Å². The molecule has 11 heavy (non-hydrogen) atoms. The first-order valence-corrected chi connectivity index (χ1v) is 3.59. The minimum Gasteiger partial charge on any atom is -0.363 e. The summed E-state index contributed by atoms with van der Waals surface area (Å²) in [6, 6.07) is 4.03. The van der Waals surface area contributed by atoms with Crippen molar-refractivity contribution < 1.29 is 4.52 Å². The van der Waals surface area contributed by atoms with Gasteiger partial charge < -0.3 is 4.52 Å². The van der Waals surface area contributed by atoms with Gasteiger partial charge in [-0.15, -0.1) is 0 Å². The van der Waals surface area contributed by atoms with E-state index in [0.717, 1.165) is 10.9 Å². The Bertz CT molecular complexity index is 389. The molecule has 2 heteroatoms. The lowest BCUT2D eigenvalue weighted by Gasteiger charge is -1.97. The molecule has 0 fully saturated rings. The third-order valence-electron chi connectivity index (χ3n) is 2.08. The first kappa shape index (κ1) is 6.40. The Morgan fingerprint density at radius 1 is 1.27 bits per heavy atom. The van der Waals surface area contributed by atoms with Gasteiger partial charge in [0.25, 0.3) is 0 Å². The van der Waals surface area contributed by atoms with Gasteiger partial charge in [0.1, 0.15) is 11.8 Å². The maximum Gasteiger partial charge on any atom is 0.131 e. The molecule has 0 N–H and O–H groups in total. The highest BCUT2D eigenvalue weighted by Crippen LogP contribution is 2.19. The fourth-order valence-electron chi connectivity index (χ4n) is 1.19. The summed E-state index contributed by atoms with van der Waals surface area (Å²) in [4.78, 5) is 0. The molecule has 56 valence electrons. The first-order chi connectivity index (χ1) is 5.29. The summed E-state index contributed by atoms with van der Waals surface area (Å²) >= 11 is 0. The molecule has 0 amide bonds. The van der Waals surface area contributed by atoms with Crippen LogP contribution in [0.5, 0.6) is 0 Å². The number of rotatable bonds is 0. The summed E-state index contributed by atoms with van der Waals surface area (Å²) < 4.78 is 4.85. The molecule has 0 saturated carbocycles. The lowest BCUT2D eigenvalue weighted by atomic mass is 10.1. The van der Waals surface area contributed by atoms with Gasteiger partial charge in [-0.2, -0.15) is 0 Å². The molecule has 0 aliphatic heterocycles. The maximum atomic E-state index is 4.85. The second kappa shape index (κ2) is 2.09. The summed E-state index contributed by atoms with van der Waals surface area (Å²) in [5, 5.41) is 4.96. The molecule has 2 rings (SSSR count). The summed E-state index contributed by atoms with van der Waals surface area (Å²) in [6.07, 6.45) is 1.69. The van der Waals surface area contributed by atoms with Gasteiger partial charge >= 0.3 is 0 Å². The van der Waals surface area contributed by atoms with E-state index in [1.807, 2.05) is 6.07 Å². The highest BCUT2D eigenvalue weighted by Gasteiger charge is 2.01. The van der Waals surface area contributed by atoms with E-state index in [4.69, 9.17) is 4.52 Å². The molecule has 0 saturated heterocycles. The molecular weight excluding hydrogens is 138 g/mol. The number of nitrogens with zero attached hydrogens (tertiary/aromatic N) is 1. The van der Waals surface area contributed by atoms with Gasteiger partial charge in [-0.1, -0.05) is 11.2 Å². The van der Waals surface area contributed by atoms with Crippen molar-refractivity contribution in [3.05, 3.63) is 29.5 Å². The SMILES string of the molecule is Cc1ccc2nocc2c1C. The number of fused-ring (bicyclic) bond motifs is 1. The molecule has 0 radical (unpaired) electrons. The van der Waals surface area contributed by atoms with Gasteiger partial charge in [0.05, 0.1) is 0 Å². The van der Waals surface area contributed by atoms with E-state index in [1.54, 1.807) is 6.26 Å². The van der Waals surface area contributed by atoms with Gasteiger partial charge in [-0.05, 0) is 31.0 Å². The van der Waals surface area contributed by atoms with Crippen molar-refractivity contribution >= 4 is 10.9 Å². The van der Waals surface area contributed by atoms with Crippen LogP contribution < -0.4 is 0 Å². The summed E-state index contributed by atoms with van der Waals surface area (Å²) in [5.74, 6) is 0. The number of hydrogen-bond donors (Lipinski definition) is 0. The zero-order valence-electron chi connectivity index (χ0n) is 6.59. The van der Waals surface area contributed by atoms with Crippen LogP contribution in [0.25, 0.3) is 10.9 Å². The average Bonchev–Trinajstić information content (AvgIpc) is 2.45. The highest BCUT2D eigenvalue weighted by atomic mass is 16.5. The predicted molar refractivity (Wildman–Crippen MR) is 43.5 cm³/mol. The number of aryl methyl sites for hydroxylation is 2. The molecule has 2 aromatic rings. The van der Waals surface area contributed by atoms with Crippen LogP contribution in [0.1, 0.15) is 11.1 Å². The van der Waals surface area contributed by atoms with Crippen LogP contribution in [0.3, 0.4) is 0 Å². The van der Waals surface area contributed by atoms with Crippen molar-refractivity contribution in [2.45, 2.75) is 13.8 Å². The van der Waals surface area contributed by atoms with Crippen molar-refractivity contribution in [2.75, 3.05) is 0 Å². The van der Waals surface area contributed by atoms with Crippen molar-refractivity contribution in [1.82, 2.24) is 5.16 Å². The number of hydrogen-bond acceptors (Lipinski definition) is 2. The topological polar surface area (TPSA) is 26.0 Å². The van der Waals surface area contributed by atoms with Crippen molar-refractivity contribution in [3.63, 3.8) is 0 Å². The first-order valence-electron chi connectivity index (χ1n) is 3.59. The largest absolute Gasteiger partial charge is 0.363 e. The van der Waals surface area contributed by atoms with E-state index in [1.165, 1.54) is 11.1 Å². The highest BCUT2D eigenvalue weighted by molar-refractivity contribution is 5.81. The van der Waals surface area contributed by atoms with E-state index in [9.17, 15) is 0 Å². The van der Waals surface area contributed by atoms with E-state index in [-0.39, 0.29) is 0 Å². The van der Waals surface area contributed by atoms with Crippen LogP contribution in [0.4, 0.5) is 0 Å². The molecule has 0 spiro atoms. The van der Waals surface area contributed by atoms with E-state index < -0.39 is 0 Å². The molecule has 0 aliphatic rings. The smallest absolute Gasteiger partial charge is 0.131 e. The maximum absolute atomic E-state index is 4.85. The predicted octanol–water partition coefficient (Wildman–Crippen LogP) is 2.44. The standard InChI is InChI=1S/C9H9NO/c1-6-3-4-9-8(7(6)2)5-11-10-9/h3-5H,1-2H3. The van der Waals surface area contributed by atoms with Crippen molar-refractivity contribution in [2.24, 2.45) is 0 Å². The lowest BCUT2D eigenvalue weighted by molar-refractivity contribution is 0.428. The van der Waals surface area contributed by atoms with E-state index >= 15 is 0 Å². The van der Waals surface area contributed by atoms with Crippen LogP contribution >= 0.6 is 0 Å². The van der Waals surface area contributed by atoms with Crippen LogP contribution in [-0.2, 0) is 0 Å². The molecule has 0 bridgehead atoms. The molecule has 0 unspecified atom stereocenters. The summed E-state index contributed by atoms with van der Waals surface area (Å²) in [7, 11) is 0. The molecule has 1 aromatic heterocycles. The Balaban J connectivity index is 2.93. The van der Waals surface area contributed by atoms with Crippen molar-refractivity contribution in [3.8, 4) is 0 Å². The molecule has 1 aromatic carbocycles. The monoisotopic (exact) mass is 147 g/mol. The fraction of sp³-hybridized carbons (Fsp3) is 0.222. The number of aromatic nitrogens is 1. The molecule has 1 heterocycles. The average molecular weight is 147 g/mol. The van der Waals surface area contributed by atoms with Gasteiger partial charge in [0, 0.05) is 5.39 Å². The summed E-state index contributed by atoms with van der Waals surface area (Å²) in [6.45, 7) is 4.16. The quantitative estimate of drug-likeness (QED) is 0.572. The van der Waals surface area contributed by atoms with Crippen LogP contribution in [-0.4, -0.2) is 5.16 Å². The third kappa shape index (κ3) is 0.827. The molecular formula is C9H9NO. The van der Waals surface area contributed by atoms with Crippen LogP contribution in [0.15, 0.2) is 22.9 Å². The Kier molecular flexibility index (Phi) is 1.22. The Morgan fingerprint density at radius 3 is 2.91 bits per heavy atom. The summed E-state index contributed by atoms with van der Waals surface area (Å²) in [5.41, 5.74) is 3.47. The Morgan fingerprint density at radius 2 is 2.09 bits per heavy atom. The van der Waals surface area contributed by atoms with Gasteiger partial charge in [-0.3, -0.25) is 0 Å². The second-order valence-electron chi connectivity index (χ2n) is 2.75. The lowest BCUT2D eigenvalue weighted by Crippen LogP contribution is -1.79. The molecule has 0 atom stereocenters. The minimum atomic E-state index is 0.938. The third-order valence-corrected chi connectivity index (χ3v) is 2.08. The van der Waals surface area contributed by atoms with Gasteiger partial charge in [-0.25, -0.2) is 0 Å². The zero-order chi connectivity index (χ0) is 7.84. The van der Waals surface area contributed by atoms with Crippen molar-refractivity contribution in [1.29, 1.82) is 0 Å². The van der Waals surface area contributed by atoms with Gasteiger partial charge in [0.2, 0.25) is 0 Å².